The highest BCUT2D eigenvalue weighted by atomic mass is 32.2. The van der Waals surface area contributed by atoms with Gasteiger partial charge in [0.2, 0.25) is 5.91 Å². The predicted octanol–water partition coefficient (Wildman–Crippen LogP) is 2.21. The first kappa shape index (κ1) is 19.2. The molecule has 0 bridgehead atoms. The molecule has 9 heteroatoms. The summed E-state index contributed by atoms with van der Waals surface area (Å²) in [5, 5.41) is 6.91. The first-order chi connectivity index (χ1) is 12.6. The molecule has 2 heterocycles. The summed E-state index contributed by atoms with van der Waals surface area (Å²) in [5.74, 6) is 0.604. The monoisotopic (exact) mass is 393 g/mol. The molecule has 1 amide bonds. The third-order valence-corrected chi connectivity index (χ3v) is 5.73. The van der Waals surface area contributed by atoms with Crippen LogP contribution in [0.1, 0.15) is 27.2 Å². The molecule has 0 atom stereocenters. The third kappa shape index (κ3) is 4.60. The van der Waals surface area contributed by atoms with Crippen LogP contribution in [-0.4, -0.2) is 43.1 Å². The lowest BCUT2D eigenvalue weighted by molar-refractivity contribution is -0.115. The zero-order valence-electron chi connectivity index (χ0n) is 15.6. The first-order valence-corrected chi connectivity index (χ1v) is 10.3. The summed E-state index contributed by atoms with van der Waals surface area (Å²) in [6.45, 7) is 6.78. The van der Waals surface area contributed by atoms with Crippen LogP contribution in [0.5, 0.6) is 11.5 Å². The fraction of sp³-hybridized carbons (Fsp3) is 0.444. The Morgan fingerprint density at radius 2 is 1.89 bits per heavy atom. The number of fused-ring (bicyclic) bond motifs is 1. The molecule has 27 heavy (non-hydrogen) atoms. The number of nitrogens with one attached hydrogen (secondary N) is 1. The van der Waals surface area contributed by atoms with Gasteiger partial charge in [0.25, 0.3) is 0 Å². The topological polar surface area (TPSA) is 99.5 Å². The van der Waals surface area contributed by atoms with E-state index in [-0.39, 0.29) is 22.6 Å². The standard InChI is InChI=1S/C18H23N3O5S/c1-18(2,3)21-8-6-16(20-21)19-17(22)7-11-27(23,24)13-4-5-14-15(12-13)26-10-9-25-14/h4-6,8,12H,7,9-11H2,1-3H3,(H,19,20,22). The number of sulfone groups is 1. The molecule has 0 aliphatic carbocycles. The van der Waals surface area contributed by atoms with E-state index in [9.17, 15) is 13.2 Å². The van der Waals surface area contributed by atoms with Crippen LogP contribution in [0.15, 0.2) is 35.4 Å². The SMILES string of the molecule is CC(C)(C)n1ccc(NC(=O)CCS(=O)(=O)c2ccc3c(c2)OCCO3)n1. The lowest BCUT2D eigenvalue weighted by atomic mass is 10.1. The summed E-state index contributed by atoms with van der Waals surface area (Å²) in [6, 6.07) is 6.15. The summed E-state index contributed by atoms with van der Waals surface area (Å²) < 4.78 is 37.6. The van der Waals surface area contributed by atoms with Crippen molar-refractivity contribution in [3.63, 3.8) is 0 Å². The van der Waals surface area contributed by atoms with Gasteiger partial charge in [0.15, 0.2) is 27.2 Å². The van der Waals surface area contributed by atoms with E-state index in [0.717, 1.165) is 0 Å². The molecule has 1 aromatic carbocycles. The molecular formula is C18H23N3O5S. The van der Waals surface area contributed by atoms with Crippen LogP contribution in [0.4, 0.5) is 5.82 Å². The van der Waals surface area contributed by atoms with Gasteiger partial charge in [-0.3, -0.25) is 9.48 Å². The Kier molecular flexibility index (Phi) is 5.14. The number of amides is 1. The Morgan fingerprint density at radius 1 is 1.19 bits per heavy atom. The molecule has 0 saturated heterocycles. The maximum Gasteiger partial charge on any atom is 0.226 e. The Hall–Kier alpha value is -2.55. The van der Waals surface area contributed by atoms with Crippen LogP contribution in [-0.2, 0) is 20.2 Å². The highest BCUT2D eigenvalue weighted by Crippen LogP contribution is 2.32. The number of carbonyl (C=O) groups is 1. The Bertz CT molecular complexity index is 944. The fourth-order valence-electron chi connectivity index (χ4n) is 2.53. The number of rotatable bonds is 5. The van der Waals surface area contributed by atoms with Crippen molar-refractivity contribution in [1.29, 1.82) is 0 Å². The molecule has 2 aromatic rings. The van der Waals surface area contributed by atoms with Crippen molar-refractivity contribution in [3.05, 3.63) is 30.5 Å². The second kappa shape index (κ2) is 7.22. The second-order valence-corrected chi connectivity index (χ2v) is 9.35. The summed E-state index contributed by atoms with van der Waals surface area (Å²) in [5.41, 5.74) is -0.204. The first-order valence-electron chi connectivity index (χ1n) is 8.63. The van der Waals surface area contributed by atoms with Crippen molar-refractivity contribution in [2.24, 2.45) is 0 Å². The number of carbonyl (C=O) groups excluding carboxylic acids is 1. The molecule has 1 N–H and O–H groups in total. The molecular weight excluding hydrogens is 370 g/mol. The van der Waals surface area contributed by atoms with Crippen molar-refractivity contribution in [3.8, 4) is 11.5 Å². The summed E-state index contributed by atoms with van der Waals surface area (Å²) in [6.07, 6.45) is 1.60. The lowest BCUT2D eigenvalue weighted by Gasteiger charge is -2.19. The molecule has 0 radical (unpaired) electrons. The molecule has 0 unspecified atom stereocenters. The van der Waals surface area contributed by atoms with E-state index in [1.54, 1.807) is 23.0 Å². The minimum absolute atomic E-state index is 0.108. The van der Waals surface area contributed by atoms with E-state index in [1.165, 1.54) is 12.1 Å². The average molecular weight is 393 g/mol. The Morgan fingerprint density at radius 3 is 2.56 bits per heavy atom. The zero-order chi connectivity index (χ0) is 19.7. The van der Waals surface area contributed by atoms with Crippen LogP contribution >= 0.6 is 0 Å². The number of hydrogen-bond acceptors (Lipinski definition) is 6. The largest absolute Gasteiger partial charge is 0.486 e. The molecule has 3 rings (SSSR count). The van der Waals surface area contributed by atoms with Crippen LogP contribution in [0, 0.1) is 0 Å². The summed E-state index contributed by atoms with van der Waals surface area (Å²) in [7, 11) is -3.62. The van der Waals surface area contributed by atoms with Crippen molar-refractivity contribution < 1.29 is 22.7 Å². The number of nitrogens with zero attached hydrogens (tertiary/aromatic N) is 2. The maximum absolute atomic E-state index is 12.5. The number of benzene rings is 1. The van der Waals surface area contributed by atoms with Gasteiger partial charge in [0.1, 0.15) is 13.2 Å². The normalized spacial score (nSPS) is 14.0. The van der Waals surface area contributed by atoms with Crippen molar-refractivity contribution >= 4 is 21.6 Å². The van der Waals surface area contributed by atoms with Gasteiger partial charge in [-0.2, -0.15) is 5.10 Å². The van der Waals surface area contributed by atoms with Crippen molar-refractivity contribution in [2.45, 2.75) is 37.6 Å². The number of ether oxygens (including phenoxy) is 2. The van der Waals surface area contributed by atoms with E-state index in [1.807, 2.05) is 20.8 Å². The quantitative estimate of drug-likeness (QED) is 0.836. The molecule has 1 aromatic heterocycles. The number of aromatic nitrogens is 2. The van der Waals surface area contributed by atoms with Gasteiger partial charge in [-0.15, -0.1) is 0 Å². The van der Waals surface area contributed by atoms with Gasteiger partial charge in [-0.05, 0) is 32.9 Å². The van der Waals surface area contributed by atoms with Crippen LogP contribution < -0.4 is 14.8 Å². The molecule has 1 aliphatic rings. The van der Waals surface area contributed by atoms with E-state index >= 15 is 0 Å². The highest BCUT2D eigenvalue weighted by molar-refractivity contribution is 7.91. The summed E-state index contributed by atoms with van der Waals surface area (Å²) >= 11 is 0. The molecule has 0 saturated carbocycles. The molecule has 146 valence electrons. The maximum atomic E-state index is 12.5. The highest BCUT2D eigenvalue weighted by Gasteiger charge is 2.21. The average Bonchev–Trinajstić information content (AvgIpc) is 3.08. The van der Waals surface area contributed by atoms with Gasteiger partial charge >= 0.3 is 0 Å². The van der Waals surface area contributed by atoms with E-state index < -0.39 is 15.7 Å². The molecule has 8 nitrogen and oxygen atoms in total. The van der Waals surface area contributed by atoms with Gasteiger partial charge in [0.05, 0.1) is 16.2 Å². The van der Waals surface area contributed by atoms with Gasteiger partial charge in [-0.25, -0.2) is 8.42 Å². The van der Waals surface area contributed by atoms with Crippen LogP contribution in [0.25, 0.3) is 0 Å². The minimum atomic E-state index is -3.62. The smallest absolute Gasteiger partial charge is 0.226 e. The van der Waals surface area contributed by atoms with Crippen molar-refractivity contribution in [1.82, 2.24) is 9.78 Å². The van der Waals surface area contributed by atoms with E-state index in [2.05, 4.69) is 10.4 Å². The lowest BCUT2D eigenvalue weighted by Crippen LogP contribution is -2.23. The van der Waals surface area contributed by atoms with Crippen molar-refractivity contribution in [2.75, 3.05) is 24.3 Å². The fourth-order valence-corrected chi connectivity index (χ4v) is 3.78. The number of hydrogen-bond donors (Lipinski definition) is 1. The Balaban J connectivity index is 1.61. The van der Waals surface area contributed by atoms with Crippen LogP contribution in [0.2, 0.25) is 0 Å². The predicted molar refractivity (Wildman–Crippen MR) is 100.0 cm³/mol. The second-order valence-electron chi connectivity index (χ2n) is 7.24. The Labute approximate surface area is 158 Å². The molecule has 0 fully saturated rings. The summed E-state index contributed by atoms with van der Waals surface area (Å²) in [4.78, 5) is 12.2. The van der Waals surface area contributed by atoms with Gasteiger partial charge in [-0.1, -0.05) is 0 Å². The number of anilines is 1. The minimum Gasteiger partial charge on any atom is -0.486 e. The van der Waals surface area contributed by atoms with E-state index in [0.29, 0.717) is 30.5 Å². The van der Waals surface area contributed by atoms with Crippen LogP contribution in [0.3, 0.4) is 0 Å². The van der Waals surface area contributed by atoms with E-state index in [4.69, 9.17) is 9.47 Å². The zero-order valence-corrected chi connectivity index (χ0v) is 16.4. The molecule has 0 spiro atoms. The van der Waals surface area contributed by atoms with Gasteiger partial charge < -0.3 is 14.8 Å². The molecule has 1 aliphatic heterocycles. The van der Waals surface area contributed by atoms with Gasteiger partial charge in [0, 0.05) is 24.8 Å². The third-order valence-electron chi connectivity index (χ3n) is 4.01.